The Bertz CT molecular complexity index is 1190. The zero-order valence-corrected chi connectivity index (χ0v) is 18.1. The molecule has 3 aromatic rings. The normalized spacial score (nSPS) is 20.2. The molecular formula is C22H20F3N5OS. The highest BCUT2D eigenvalue weighted by Crippen LogP contribution is 2.45. The van der Waals surface area contributed by atoms with Crippen molar-refractivity contribution in [3.05, 3.63) is 52.9 Å². The molecule has 1 amide bonds. The highest BCUT2D eigenvalue weighted by Gasteiger charge is 2.53. The second-order valence-electron chi connectivity index (χ2n) is 8.32. The fraction of sp³-hybridized carbons (Fsp3) is 0.364. The first-order valence-electron chi connectivity index (χ1n) is 10.3. The highest BCUT2D eigenvalue weighted by atomic mass is 32.1. The molecule has 0 spiro atoms. The predicted octanol–water partition coefficient (Wildman–Crippen LogP) is 4.98. The Labute approximate surface area is 186 Å². The maximum atomic E-state index is 12.9. The van der Waals surface area contributed by atoms with Crippen LogP contribution in [0.4, 0.5) is 24.8 Å². The molecule has 10 heteroatoms. The van der Waals surface area contributed by atoms with E-state index in [1.54, 1.807) is 11.3 Å². The molecule has 2 saturated heterocycles. The smallest absolute Gasteiger partial charge is 0.336 e. The molecule has 0 aliphatic carbocycles. The highest BCUT2D eigenvalue weighted by molar-refractivity contribution is 7.15. The average Bonchev–Trinajstić information content (AvgIpc) is 3.31. The quantitative estimate of drug-likeness (QED) is 0.545. The number of amides is 1. The monoisotopic (exact) mass is 459 g/mol. The first-order valence-corrected chi connectivity index (χ1v) is 11.1. The fourth-order valence-corrected chi connectivity index (χ4v) is 5.59. The predicted molar refractivity (Wildman–Crippen MR) is 115 cm³/mol. The number of halogens is 3. The van der Waals surface area contributed by atoms with E-state index < -0.39 is 11.9 Å². The van der Waals surface area contributed by atoms with E-state index in [2.05, 4.69) is 20.3 Å². The Balaban J connectivity index is 1.36. The summed E-state index contributed by atoms with van der Waals surface area (Å²) in [5, 5.41) is 3.86. The van der Waals surface area contributed by atoms with Crippen LogP contribution in [-0.4, -0.2) is 37.8 Å². The summed E-state index contributed by atoms with van der Waals surface area (Å²) in [6.07, 6.45) is 1.78. The number of nitrogens with one attached hydrogen (secondary N) is 1. The van der Waals surface area contributed by atoms with Crippen LogP contribution in [0.3, 0.4) is 0 Å². The summed E-state index contributed by atoms with van der Waals surface area (Å²) < 4.78 is 38.8. The molecule has 6 nitrogen and oxygen atoms in total. The van der Waals surface area contributed by atoms with Crippen LogP contribution in [0.1, 0.15) is 35.5 Å². The molecule has 2 fully saturated rings. The van der Waals surface area contributed by atoms with Crippen molar-refractivity contribution in [1.82, 2.24) is 19.9 Å². The van der Waals surface area contributed by atoms with Crippen LogP contribution >= 0.6 is 11.3 Å². The number of alkyl halides is 3. The molecule has 1 N–H and O–H groups in total. The van der Waals surface area contributed by atoms with Crippen molar-refractivity contribution in [3.63, 3.8) is 0 Å². The lowest BCUT2D eigenvalue weighted by Gasteiger charge is -2.47. The number of nitrogens with zero attached hydrogens (tertiary/aromatic N) is 4. The van der Waals surface area contributed by atoms with Crippen LogP contribution < -0.4 is 5.32 Å². The van der Waals surface area contributed by atoms with Crippen molar-refractivity contribution in [2.75, 3.05) is 11.9 Å². The Morgan fingerprint density at radius 2 is 2.09 bits per heavy atom. The van der Waals surface area contributed by atoms with Crippen molar-refractivity contribution in [1.29, 1.82) is 0 Å². The number of thiazole rings is 1. The Morgan fingerprint density at radius 1 is 1.25 bits per heavy atom. The molecule has 0 saturated carbocycles. The van der Waals surface area contributed by atoms with Crippen LogP contribution in [0.25, 0.3) is 10.4 Å². The third-order valence-electron chi connectivity index (χ3n) is 5.98. The van der Waals surface area contributed by atoms with Gasteiger partial charge in [-0.15, -0.1) is 11.3 Å². The third-order valence-corrected chi connectivity index (χ3v) is 7.02. The van der Waals surface area contributed by atoms with Gasteiger partial charge in [-0.3, -0.25) is 4.79 Å². The SMILES string of the molecule is Cc1cc(Nc2nccc(C(F)(F)F)n2)cc(-c2cnc(CC34CCCN3C(=O)C4)s2)c1. The number of aryl methyl sites for hydroxylation is 1. The van der Waals surface area contributed by atoms with Gasteiger partial charge in [-0.05, 0) is 49.1 Å². The number of rotatable bonds is 5. The topological polar surface area (TPSA) is 71.0 Å². The van der Waals surface area contributed by atoms with E-state index in [0.29, 0.717) is 12.1 Å². The van der Waals surface area contributed by atoms with Gasteiger partial charge >= 0.3 is 6.18 Å². The fourth-order valence-electron chi connectivity index (χ4n) is 4.55. The van der Waals surface area contributed by atoms with Crippen molar-refractivity contribution < 1.29 is 18.0 Å². The van der Waals surface area contributed by atoms with Crippen molar-refractivity contribution in [3.8, 4) is 10.4 Å². The van der Waals surface area contributed by atoms with Crippen molar-refractivity contribution >= 4 is 28.9 Å². The molecule has 0 bridgehead atoms. The maximum Gasteiger partial charge on any atom is 0.433 e. The number of hydrogen-bond donors (Lipinski definition) is 1. The molecule has 2 aliphatic rings. The molecule has 5 rings (SSSR count). The number of benzene rings is 1. The standard InChI is InChI=1S/C22H20F3N5OS/c1-13-7-14(9-15(8-13)28-20-26-5-3-17(29-20)22(23,24)25)16-12-27-18(32-16)10-21-4-2-6-30(21)19(31)11-21/h3,5,7-9,12H,2,4,6,10-11H2,1H3,(H,26,28,29). The van der Waals surface area contributed by atoms with Crippen molar-refractivity contribution in [2.24, 2.45) is 0 Å². The van der Waals surface area contributed by atoms with Gasteiger partial charge in [-0.25, -0.2) is 15.0 Å². The number of aromatic nitrogens is 3. The van der Waals surface area contributed by atoms with E-state index in [-0.39, 0.29) is 17.4 Å². The number of anilines is 2. The zero-order valence-electron chi connectivity index (χ0n) is 17.2. The zero-order chi connectivity index (χ0) is 22.5. The summed E-state index contributed by atoms with van der Waals surface area (Å²) in [4.78, 5) is 26.9. The maximum absolute atomic E-state index is 12.9. The van der Waals surface area contributed by atoms with Gasteiger partial charge in [0, 0.05) is 31.0 Å². The third kappa shape index (κ3) is 3.83. The first kappa shape index (κ1) is 20.9. The molecule has 166 valence electrons. The Morgan fingerprint density at radius 3 is 2.88 bits per heavy atom. The minimum absolute atomic E-state index is 0.0631. The number of carbonyl (C=O) groups excluding carboxylic acids is 1. The number of fused-ring (bicyclic) bond motifs is 1. The van der Waals surface area contributed by atoms with Gasteiger partial charge in [-0.1, -0.05) is 6.07 Å². The number of hydrogen-bond acceptors (Lipinski definition) is 6. The van der Waals surface area contributed by atoms with Gasteiger partial charge in [0.05, 0.1) is 21.8 Å². The molecule has 32 heavy (non-hydrogen) atoms. The van der Waals surface area contributed by atoms with Crippen LogP contribution in [0.5, 0.6) is 0 Å². The van der Waals surface area contributed by atoms with E-state index >= 15 is 0 Å². The second-order valence-corrected chi connectivity index (χ2v) is 9.44. The van der Waals surface area contributed by atoms with E-state index in [1.165, 1.54) is 0 Å². The molecule has 4 heterocycles. The molecule has 1 aromatic carbocycles. The summed E-state index contributed by atoms with van der Waals surface area (Å²) in [7, 11) is 0. The average molecular weight is 459 g/mol. The number of β-lactam (4-membered cyclic amide) rings is 1. The first-order chi connectivity index (χ1) is 15.2. The van der Waals surface area contributed by atoms with Gasteiger partial charge < -0.3 is 10.2 Å². The van der Waals surface area contributed by atoms with Gasteiger partial charge in [0.15, 0.2) is 0 Å². The minimum atomic E-state index is -4.53. The lowest BCUT2D eigenvalue weighted by molar-refractivity contribution is -0.151. The van der Waals surface area contributed by atoms with E-state index in [0.717, 1.165) is 59.1 Å². The molecule has 1 atom stereocenters. The van der Waals surface area contributed by atoms with Gasteiger partial charge in [-0.2, -0.15) is 13.2 Å². The summed E-state index contributed by atoms with van der Waals surface area (Å²) in [5.74, 6) is 0.113. The summed E-state index contributed by atoms with van der Waals surface area (Å²) in [6.45, 7) is 2.75. The van der Waals surface area contributed by atoms with Crippen molar-refractivity contribution in [2.45, 2.75) is 44.3 Å². The van der Waals surface area contributed by atoms with Crippen LogP contribution in [-0.2, 0) is 17.4 Å². The molecule has 2 aliphatic heterocycles. The minimum Gasteiger partial charge on any atom is -0.336 e. The van der Waals surface area contributed by atoms with E-state index in [9.17, 15) is 18.0 Å². The summed E-state index contributed by atoms with van der Waals surface area (Å²) >= 11 is 1.58. The van der Waals surface area contributed by atoms with Gasteiger partial charge in [0.25, 0.3) is 0 Å². The van der Waals surface area contributed by atoms with Crippen LogP contribution in [0.2, 0.25) is 0 Å². The largest absolute Gasteiger partial charge is 0.433 e. The second kappa shape index (κ2) is 7.54. The van der Waals surface area contributed by atoms with E-state index in [4.69, 9.17) is 0 Å². The van der Waals surface area contributed by atoms with Crippen LogP contribution in [0.15, 0.2) is 36.7 Å². The van der Waals surface area contributed by atoms with Gasteiger partial charge in [0.1, 0.15) is 5.69 Å². The Hall–Kier alpha value is -3.01. The van der Waals surface area contributed by atoms with E-state index in [1.807, 2.05) is 36.2 Å². The molecule has 0 radical (unpaired) electrons. The molecule has 1 unspecified atom stereocenters. The molecular weight excluding hydrogens is 439 g/mol. The summed E-state index contributed by atoms with van der Waals surface area (Å²) in [5.41, 5.74) is 1.39. The lowest BCUT2D eigenvalue weighted by Crippen LogP contribution is -2.60. The number of carbonyl (C=O) groups is 1. The summed E-state index contributed by atoms with van der Waals surface area (Å²) in [6, 6.07) is 6.51. The Kier molecular flexibility index (Phi) is 4.92. The van der Waals surface area contributed by atoms with Crippen LogP contribution in [0, 0.1) is 6.92 Å². The lowest BCUT2D eigenvalue weighted by atomic mass is 9.81. The van der Waals surface area contributed by atoms with Gasteiger partial charge in [0.2, 0.25) is 11.9 Å². The molecule has 2 aromatic heterocycles.